The summed E-state index contributed by atoms with van der Waals surface area (Å²) in [5.41, 5.74) is 27.5. The van der Waals surface area contributed by atoms with E-state index in [1.807, 2.05) is 121 Å². The number of rotatable bonds is 10. The fourth-order valence-electron chi connectivity index (χ4n) is 4.39. The van der Waals surface area contributed by atoms with E-state index in [4.69, 9.17) is 41.9 Å². The molecular weight excluding hydrogens is 584 g/mol. The van der Waals surface area contributed by atoms with E-state index in [9.17, 15) is 0 Å². The summed E-state index contributed by atoms with van der Waals surface area (Å²) in [5, 5.41) is 0. The fourth-order valence-corrected chi connectivity index (χ4v) is 5.40. The first-order chi connectivity index (χ1) is 22.0. The SMILES string of the molecule is Nc1c(Sc2cc(Oc3ccccc3)c(Oc3ccccc3)c(N)c2N)cc(Oc2ccccc2)c(Oc2ccccc2)c1N. The third-order valence-corrected chi connectivity index (χ3v) is 7.78. The predicted octanol–water partition coefficient (Wildman–Crippen LogP) is 9.34. The molecule has 6 aromatic rings. The Bertz CT molecular complexity index is 1770. The van der Waals surface area contributed by atoms with Crippen molar-refractivity contribution in [3.63, 3.8) is 0 Å². The third-order valence-electron chi connectivity index (χ3n) is 6.66. The lowest BCUT2D eigenvalue weighted by Crippen LogP contribution is -2.04. The first-order valence-electron chi connectivity index (χ1n) is 14.0. The van der Waals surface area contributed by atoms with Crippen molar-refractivity contribution in [1.82, 2.24) is 0 Å². The standard InChI is InChI=1S/C36H30N4O4S/c37-31-29(21-27(41-23-13-5-1-6-14-23)35(33(31)39)43-25-17-9-3-10-18-25)45-30-22-28(42-24-15-7-2-8-16-24)36(34(40)32(30)38)44-26-19-11-4-12-20-26/h1-22H,37-40H2. The highest BCUT2D eigenvalue weighted by molar-refractivity contribution is 7.99. The van der Waals surface area contributed by atoms with Crippen molar-refractivity contribution < 1.29 is 18.9 Å². The second-order valence-electron chi connectivity index (χ2n) is 9.82. The molecule has 0 atom stereocenters. The van der Waals surface area contributed by atoms with Gasteiger partial charge in [0.1, 0.15) is 34.4 Å². The van der Waals surface area contributed by atoms with E-state index in [-0.39, 0.29) is 11.4 Å². The van der Waals surface area contributed by atoms with Gasteiger partial charge in [-0.25, -0.2) is 0 Å². The lowest BCUT2D eigenvalue weighted by Gasteiger charge is -2.20. The van der Waals surface area contributed by atoms with Crippen LogP contribution in [-0.4, -0.2) is 0 Å². The molecule has 8 N–H and O–H groups in total. The van der Waals surface area contributed by atoms with Crippen LogP contribution in [0.15, 0.2) is 143 Å². The Morgan fingerprint density at radius 3 is 0.956 bits per heavy atom. The monoisotopic (exact) mass is 614 g/mol. The molecule has 0 aromatic heterocycles. The molecule has 0 spiro atoms. The normalized spacial score (nSPS) is 10.7. The third kappa shape index (κ3) is 6.69. The minimum Gasteiger partial charge on any atom is -0.453 e. The van der Waals surface area contributed by atoms with Crippen LogP contribution < -0.4 is 41.9 Å². The Morgan fingerprint density at radius 2 is 0.644 bits per heavy atom. The number of para-hydroxylation sites is 4. The van der Waals surface area contributed by atoms with Crippen molar-refractivity contribution >= 4 is 34.5 Å². The molecule has 9 heteroatoms. The van der Waals surface area contributed by atoms with Gasteiger partial charge in [-0.2, -0.15) is 0 Å². The molecule has 0 saturated heterocycles. The van der Waals surface area contributed by atoms with Crippen molar-refractivity contribution in [2.75, 3.05) is 22.9 Å². The molecular formula is C36H30N4O4S. The largest absolute Gasteiger partial charge is 0.453 e. The maximum absolute atomic E-state index is 6.62. The number of nitrogen functional groups attached to an aromatic ring is 4. The highest BCUT2D eigenvalue weighted by Crippen LogP contribution is 2.52. The van der Waals surface area contributed by atoms with Crippen molar-refractivity contribution in [2.45, 2.75) is 9.79 Å². The molecule has 0 heterocycles. The van der Waals surface area contributed by atoms with E-state index in [2.05, 4.69) is 0 Å². The summed E-state index contributed by atoms with van der Waals surface area (Å²) in [6.45, 7) is 0. The van der Waals surface area contributed by atoms with Crippen LogP contribution in [-0.2, 0) is 0 Å². The Balaban J connectivity index is 1.42. The van der Waals surface area contributed by atoms with Crippen LogP contribution in [0.25, 0.3) is 0 Å². The van der Waals surface area contributed by atoms with Gasteiger partial charge in [0.2, 0.25) is 0 Å². The van der Waals surface area contributed by atoms with Crippen LogP contribution in [0.4, 0.5) is 22.7 Å². The topological polar surface area (TPSA) is 141 Å². The second kappa shape index (κ2) is 13.2. The van der Waals surface area contributed by atoms with Gasteiger partial charge in [0, 0.05) is 21.9 Å². The van der Waals surface area contributed by atoms with E-state index >= 15 is 0 Å². The van der Waals surface area contributed by atoms with Crippen molar-refractivity contribution in [2.24, 2.45) is 0 Å². The first-order valence-corrected chi connectivity index (χ1v) is 14.8. The summed E-state index contributed by atoms with van der Waals surface area (Å²) >= 11 is 1.27. The van der Waals surface area contributed by atoms with E-state index in [1.54, 1.807) is 12.1 Å². The minimum atomic E-state index is 0.214. The highest BCUT2D eigenvalue weighted by Gasteiger charge is 2.23. The van der Waals surface area contributed by atoms with Gasteiger partial charge in [-0.15, -0.1) is 0 Å². The molecule has 0 bridgehead atoms. The molecule has 0 fully saturated rings. The lowest BCUT2D eigenvalue weighted by atomic mass is 10.2. The van der Waals surface area contributed by atoms with Crippen molar-refractivity contribution in [1.29, 1.82) is 0 Å². The molecule has 0 amide bonds. The zero-order valence-corrected chi connectivity index (χ0v) is 24.9. The number of hydrogen-bond acceptors (Lipinski definition) is 9. The Kier molecular flexibility index (Phi) is 8.52. The molecule has 0 aliphatic heterocycles. The Morgan fingerprint density at radius 1 is 0.356 bits per heavy atom. The molecule has 224 valence electrons. The van der Waals surface area contributed by atoms with Gasteiger partial charge < -0.3 is 41.9 Å². The maximum Gasteiger partial charge on any atom is 0.194 e. The van der Waals surface area contributed by atoms with E-state index in [0.717, 1.165) is 0 Å². The van der Waals surface area contributed by atoms with Crippen molar-refractivity contribution in [3.05, 3.63) is 133 Å². The van der Waals surface area contributed by atoms with Crippen LogP contribution in [0, 0.1) is 0 Å². The molecule has 6 aromatic carbocycles. The zero-order chi connectivity index (χ0) is 31.2. The van der Waals surface area contributed by atoms with E-state index in [0.29, 0.717) is 67.2 Å². The molecule has 8 nitrogen and oxygen atoms in total. The van der Waals surface area contributed by atoms with Gasteiger partial charge in [-0.3, -0.25) is 0 Å². The average molecular weight is 615 g/mol. The molecule has 0 radical (unpaired) electrons. The summed E-state index contributed by atoms with van der Waals surface area (Å²) in [7, 11) is 0. The molecule has 6 rings (SSSR count). The number of ether oxygens (including phenoxy) is 4. The molecule has 0 aliphatic carbocycles. The summed E-state index contributed by atoms with van der Waals surface area (Å²) in [6, 6.07) is 40.7. The van der Waals surface area contributed by atoms with E-state index in [1.165, 1.54) is 11.8 Å². The van der Waals surface area contributed by atoms with Gasteiger partial charge >= 0.3 is 0 Å². The fraction of sp³-hybridized carbons (Fsp3) is 0. The van der Waals surface area contributed by atoms with Gasteiger partial charge in [-0.05, 0) is 48.5 Å². The number of anilines is 4. The lowest BCUT2D eigenvalue weighted by molar-refractivity contribution is 0.419. The predicted molar refractivity (Wildman–Crippen MR) is 181 cm³/mol. The minimum absolute atomic E-state index is 0.214. The molecule has 45 heavy (non-hydrogen) atoms. The molecule has 0 saturated carbocycles. The van der Waals surface area contributed by atoms with E-state index < -0.39 is 0 Å². The Hall–Kier alpha value is -5.93. The average Bonchev–Trinajstić information content (AvgIpc) is 3.07. The molecule has 0 aliphatic rings. The molecule has 0 unspecified atom stereocenters. The van der Waals surface area contributed by atoms with Crippen LogP contribution >= 0.6 is 11.8 Å². The van der Waals surface area contributed by atoms with Gasteiger partial charge in [0.05, 0.1) is 11.4 Å². The zero-order valence-electron chi connectivity index (χ0n) is 24.1. The van der Waals surface area contributed by atoms with Crippen LogP contribution in [0.3, 0.4) is 0 Å². The highest BCUT2D eigenvalue weighted by atomic mass is 32.2. The smallest absolute Gasteiger partial charge is 0.194 e. The van der Waals surface area contributed by atoms with Gasteiger partial charge in [0.15, 0.2) is 23.0 Å². The van der Waals surface area contributed by atoms with Crippen LogP contribution in [0.5, 0.6) is 46.0 Å². The second-order valence-corrected chi connectivity index (χ2v) is 10.9. The Labute approximate surface area is 265 Å². The summed E-state index contributed by atoms with van der Waals surface area (Å²) in [5.74, 6) is 3.68. The summed E-state index contributed by atoms with van der Waals surface area (Å²) in [4.78, 5) is 1.15. The van der Waals surface area contributed by atoms with Crippen molar-refractivity contribution in [3.8, 4) is 46.0 Å². The van der Waals surface area contributed by atoms with Crippen LogP contribution in [0.2, 0.25) is 0 Å². The quantitative estimate of drug-likeness (QED) is 0.111. The first kappa shape index (κ1) is 29.2. The summed E-state index contributed by atoms with van der Waals surface area (Å²) < 4.78 is 24.9. The van der Waals surface area contributed by atoms with Gasteiger partial charge in [-0.1, -0.05) is 84.6 Å². The number of benzene rings is 6. The summed E-state index contributed by atoms with van der Waals surface area (Å²) in [6.07, 6.45) is 0. The number of nitrogens with two attached hydrogens (primary N) is 4. The van der Waals surface area contributed by atoms with Crippen LogP contribution in [0.1, 0.15) is 0 Å². The maximum atomic E-state index is 6.62. The number of hydrogen-bond donors (Lipinski definition) is 4. The van der Waals surface area contributed by atoms with Gasteiger partial charge in [0.25, 0.3) is 0 Å².